The minimum absolute atomic E-state index is 0.0167. The fraction of sp³-hybridized carbons (Fsp3) is 0.333. The zero-order valence-corrected chi connectivity index (χ0v) is 34.3. The first-order chi connectivity index (χ1) is 23.8. The fourth-order valence-electron chi connectivity index (χ4n) is 8.10. The monoisotopic (exact) mass is 710 g/mol. The molecule has 5 aromatic carbocycles. The highest BCUT2D eigenvalue weighted by Crippen LogP contribution is 2.52. The Morgan fingerprint density at radius 1 is 0.627 bits per heavy atom. The van der Waals surface area contributed by atoms with Crippen LogP contribution < -0.4 is 9.92 Å². The molecule has 0 amide bonds. The molecule has 0 bridgehead atoms. The Labute approximate surface area is 313 Å². The summed E-state index contributed by atoms with van der Waals surface area (Å²) >= 11 is 7.18. The molecule has 1 aliphatic rings. The summed E-state index contributed by atoms with van der Waals surface area (Å²) in [6, 6.07) is 36.8. The molecule has 1 nitrogen and oxygen atoms in total. The van der Waals surface area contributed by atoms with E-state index >= 15 is 0 Å². The first kappa shape index (κ1) is 36.9. The lowest BCUT2D eigenvalue weighted by molar-refractivity contribution is 0.366. The maximum Gasteiger partial charge on any atom is 0.137 e. The molecule has 0 heterocycles. The molecular formula is C48H55ClOSi. The van der Waals surface area contributed by atoms with Crippen molar-refractivity contribution in [2.24, 2.45) is 0 Å². The molecule has 0 atom stereocenters. The number of hydrogen-bond donors (Lipinski definition) is 0. The third kappa shape index (κ3) is 6.90. The SMILES string of the molecule is C=CCOc1c(Cl)cc(C(C)(C)C)cc1[Si](C)(C)C1c2cc(-c3ccccc3C(C)(C)C)ccc2-c2ccc(-c3ccccc3C(C)(C)C)cc21. The van der Waals surface area contributed by atoms with Gasteiger partial charge in [0.25, 0.3) is 0 Å². The summed E-state index contributed by atoms with van der Waals surface area (Å²) in [5, 5.41) is 1.94. The van der Waals surface area contributed by atoms with Gasteiger partial charge in [-0.1, -0.05) is 191 Å². The summed E-state index contributed by atoms with van der Waals surface area (Å²) in [5.41, 5.74) is 14.7. The second kappa shape index (κ2) is 13.3. The van der Waals surface area contributed by atoms with Gasteiger partial charge in [-0.2, -0.15) is 0 Å². The van der Waals surface area contributed by atoms with Crippen molar-refractivity contribution in [2.45, 2.75) is 97.2 Å². The standard InChI is InChI=1S/C48H55ClOSi/c1-13-26-50-44-42(49)29-33(46(2,3)4)30-43(44)51(11,12)45-38-27-31(34-18-14-16-20-40(34)47(5,6)7)22-24-36(38)37-25-23-32(28-39(37)45)35-19-15-17-21-41(35)48(8,9)10/h13-25,27-30,45H,1,26H2,2-12H3. The Morgan fingerprint density at radius 3 is 1.53 bits per heavy atom. The van der Waals surface area contributed by atoms with Gasteiger partial charge < -0.3 is 4.74 Å². The summed E-state index contributed by atoms with van der Waals surface area (Å²) in [7, 11) is -2.48. The highest BCUT2D eigenvalue weighted by atomic mass is 35.5. The van der Waals surface area contributed by atoms with Crippen LogP contribution in [0.5, 0.6) is 5.75 Å². The Morgan fingerprint density at radius 2 is 1.10 bits per heavy atom. The predicted molar refractivity (Wildman–Crippen MR) is 225 cm³/mol. The van der Waals surface area contributed by atoms with Crippen LogP contribution >= 0.6 is 11.6 Å². The van der Waals surface area contributed by atoms with E-state index in [-0.39, 0.29) is 21.8 Å². The maximum absolute atomic E-state index is 7.18. The smallest absolute Gasteiger partial charge is 0.137 e. The second-order valence-electron chi connectivity index (χ2n) is 18.0. The summed E-state index contributed by atoms with van der Waals surface area (Å²) in [5.74, 6) is 0.805. The third-order valence-corrected chi connectivity index (χ3v) is 14.9. The summed E-state index contributed by atoms with van der Waals surface area (Å²) in [6.45, 7) is 30.0. The van der Waals surface area contributed by atoms with E-state index in [4.69, 9.17) is 16.3 Å². The molecule has 0 aromatic heterocycles. The van der Waals surface area contributed by atoms with E-state index in [9.17, 15) is 0 Å². The van der Waals surface area contributed by atoms with E-state index < -0.39 is 8.07 Å². The van der Waals surface area contributed by atoms with Crippen molar-refractivity contribution in [1.29, 1.82) is 0 Å². The molecule has 0 spiro atoms. The van der Waals surface area contributed by atoms with Gasteiger partial charge in [-0.3, -0.25) is 0 Å². The molecule has 1 aliphatic carbocycles. The van der Waals surface area contributed by atoms with Crippen molar-refractivity contribution in [3.05, 3.63) is 143 Å². The number of rotatable bonds is 7. The zero-order valence-electron chi connectivity index (χ0n) is 32.6. The van der Waals surface area contributed by atoms with Crippen LogP contribution in [0, 0.1) is 0 Å². The van der Waals surface area contributed by atoms with Crippen LogP contribution in [0.25, 0.3) is 33.4 Å². The molecule has 51 heavy (non-hydrogen) atoms. The first-order valence-electron chi connectivity index (χ1n) is 18.4. The van der Waals surface area contributed by atoms with Gasteiger partial charge in [-0.15, -0.1) is 0 Å². The zero-order chi connectivity index (χ0) is 37.1. The Bertz CT molecular complexity index is 2010. The third-order valence-electron chi connectivity index (χ3n) is 10.8. The fourth-order valence-corrected chi connectivity index (χ4v) is 12.1. The Hall–Kier alpha value is -3.85. The van der Waals surface area contributed by atoms with Gasteiger partial charge in [0.15, 0.2) is 0 Å². The van der Waals surface area contributed by atoms with Crippen LogP contribution in [0.1, 0.15) is 95.7 Å². The van der Waals surface area contributed by atoms with Gasteiger partial charge in [-0.05, 0) is 88.7 Å². The molecule has 5 aromatic rings. The summed E-state index contributed by atoms with van der Waals surface area (Å²) in [6.07, 6.45) is 1.81. The molecule has 0 N–H and O–H groups in total. The molecule has 3 heteroatoms. The van der Waals surface area contributed by atoms with Gasteiger partial charge in [0.1, 0.15) is 12.4 Å². The molecule has 6 rings (SSSR count). The summed E-state index contributed by atoms with van der Waals surface area (Å²) in [4.78, 5) is 0. The van der Waals surface area contributed by atoms with Gasteiger partial charge in [-0.25, -0.2) is 0 Å². The highest BCUT2D eigenvalue weighted by molar-refractivity contribution is 6.92. The van der Waals surface area contributed by atoms with Gasteiger partial charge >= 0.3 is 0 Å². The van der Waals surface area contributed by atoms with Gasteiger partial charge in [0.05, 0.1) is 13.1 Å². The lowest BCUT2D eigenvalue weighted by Gasteiger charge is -2.35. The molecule has 0 saturated carbocycles. The quantitative estimate of drug-likeness (QED) is 0.121. The van der Waals surface area contributed by atoms with Gasteiger partial charge in [0, 0.05) is 5.54 Å². The number of fused-ring (bicyclic) bond motifs is 3. The molecule has 0 radical (unpaired) electrons. The predicted octanol–water partition coefficient (Wildman–Crippen LogP) is 13.4. The Balaban J connectivity index is 1.65. The van der Waals surface area contributed by atoms with Crippen LogP contribution in [0.2, 0.25) is 18.1 Å². The first-order valence-corrected chi connectivity index (χ1v) is 21.9. The van der Waals surface area contributed by atoms with E-state index in [0.29, 0.717) is 11.6 Å². The van der Waals surface area contributed by atoms with Gasteiger partial charge in [0.2, 0.25) is 0 Å². The van der Waals surface area contributed by atoms with Crippen molar-refractivity contribution in [3.63, 3.8) is 0 Å². The topological polar surface area (TPSA) is 9.23 Å². The van der Waals surface area contributed by atoms with Crippen LogP contribution in [0.15, 0.2) is 110 Å². The number of halogens is 1. The van der Waals surface area contributed by atoms with E-state index in [1.807, 2.05) is 6.08 Å². The molecule has 0 aliphatic heterocycles. The van der Waals surface area contributed by atoms with Crippen LogP contribution in [-0.2, 0) is 16.2 Å². The van der Waals surface area contributed by atoms with Crippen molar-refractivity contribution in [3.8, 4) is 39.1 Å². The second-order valence-corrected chi connectivity index (χ2v) is 23.0. The lowest BCUT2D eigenvalue weighted by atomic mass is 9.81. The minimum Gasteiger partial charge on any atom is -0.488 e. The van der Waals surface area contributed by atoms with E-state index in [1.54, 1.807) is 0 Å². The number of hydrogen-bond acceptors (Lipinski definition) is 1. The number of benzene rings is 5. The average molecular weight is 712 g/mol. The highest BCUT2D eigenvalue weighted by Gasteiger charge is 2.45. The molecular weight excluding hydrogens is 656 g/mol. The maximum atomic E-state index is 7.18. The van der Waals surface area contributed by atoms with Crippen molar-refractivity contribution in [2.75, 3.05) is 6.61 Å². The van der Waals surface area contributed by atoms with Crippen LogP contribution in [-0.4, -0.2) is 14.7 Å². The largest absolute Gasteiger partial charge is 0.488 e. The van der Waals surface area contributed by atoms with Crippen LogP contribution in [0.4, 0.5) is 0 Å². The minimum atomic E-state index is -2.48. The van der Waals surface area contributed by atoms with E-state index in [0.717, 1.165) is 5.75 Å². The van der Waals surface area contributed by atoms with Crippen LogP contribution in [0.3, 0.4) is 0 Å². The lowest BCUT2D eigenvalue weighted by Crippen LogP contribution is -2.49. The molecule has 0 saturated heterocycles. The number of ether oxygens (including phenoxy) is 1. The van der Waals surface area contributed by atoms with Crippen molar-refractivity contribution >= 4 is 24.9 Å². The molecule has 0 fully saturated rings. The molecule has 264 valence electrons. The van der Waals surface area contributed by atoms with Crippen molar-refractivity contribution < 1.29 is 4.74 Å². The average Bonchev–Trinajstić information content (AvgIpc) is 3.40. The normalized spacial score (nSPS) is 13.6. The van der Waals surface area contributed by atoms with Crippen molar-refractivity contribution in [1.82, 2.24) is 0 Å². The summed E-state index contributed by atoms with van der Waals surface area (Å²) < 4.78 is 6.48. The van der Waals surface area contributed by atoms with E-state index in [2.05, 4.69) is 179 Å². The van der Waals surface area contributed by atoms with E-state index in [1.165, 1.54) is 66.4 Å². The Kier molecular flexibility index (Phi) is 9.62. The molecule has 0 unspecified atom stereocenters.